The van der Waals surface area contributed by atoms with Crippen molar-refractivity contribution in [1.29, 1.82) is 0 Å². The minimum absolute atomic E-state index is 0.0954. The molecule has 1 aromatic heterocycles. The summed E-state index contributed by atoms with van der Waals surface area (Å²) >= 11 is 4.93. The molecule has 1 aromatic carbocycles. The quantitative estimate of drug-likeness (QED) is 0.381. The fraction of sp³-hybridized carbons (Fsp3) is 0. The summed E-state index contributed by atoms with van der Waals surface area (Å²) in [5.74, 6) is -4.45. The summed E-state index contributed by atoms with van der Waals surface area (Å²) in [7, 11) is 0. The Morgan fingerprint density at radius 1 is 1.22 bits per heavy atom. The van der Waals surface area contributed by atoms with Crippen molar-refractivity contribution < 1.29 is 24.2 Å². The molecule has 0 fully saturated rings. The molecule has 0 bridgehead atoms. The van der Waals surface area contributed by atoms with Gasteiger partial charge < -0.3 is 20.9 Å². The number of carboxylic acids is 2. The molecule has 0 atom stereocenters. The van der Waals surface area contributed by atoms with Gasteiger partial charge in [-0.1, -0.05) is 0 Å². The van der Waals surface area contributed by atoms with Crippen LogP contribution in [0.1, 0.15) is 20.7 Å². The molecule has 0 unspecified atom stereocenters. The standard InChI is InChI=1S/C13H7BrFIN2O5/c14-9-4(1-3(15)2-5(9)16)6-7(12(20)21)10(17)18-11(19)8(6)13(22)23/h1-2H,(H,20,21)(H,22,23)(H3,17,18,19). The normalized spacial score (nSPS) is 10.6. The Bertz CT molecular complexity index is 912. The molecule has 7 nitrogen and oxygen atoms in total. The van der Waals surface area contributed by atoms with E-state index in [2.05, 4.69) is 15.9 Å². The van der Waals surface area contributed by atoms with Crippen LogP contribution >= 0.6 is 38.5 Å². The average Bonchev–Trinajstić information content (AvgIpc) is 2.40. The van der Waals surface area contributed by atoms with E-state index >= 15 is 0 Å². The first-order valence-corrected chi connectivity index (χ1v) is 7.69. The molecule has 5 N–H and O–H groups in total. The zero-order valence-corrected chi connectivity index (χ0v) is 14.7. The van der Waals surface area contributed by atoms with E-state index in [-0.39, 0.29) is 10.0 Å². The number of aromatic carboxylic acids is 2. The van der Waals surface area contributed by atoms with Crippen molar-refractivity contribution >= 4 is 56.3 Å². The van der Waals surface area contributed by atoms with Crippen LogP contribution in [0.15, 0.2) is 21.4 Å². The molecule has 0 saturated carbocycles. The van der Waals surface area contributed by atoms with E-state index in [4.69, 9.17) is 5.73 Å². The van der Waals surface area contributed by atoms with Crippen molar-refractivity contribution in [3.63, 3.8) is 0 Å². The monoisotopic (exact) mass is 496 g/mol. The summed E-state index contributed by atoms with van der Waals surface area (Å²) in [6, 6.07) is 2.09. The van der Waals surface area contributed by atoms with Crippen molar-refractivity contribution in [2.75, 3.05) is 5.73 Å². The van der Waals surface area contributed by atoms with Crippen molar-refractivity contribution in [3.8, 4) is 11.1 Å². The van der Waals surface area contributed by atoms with Gasteiger partial charge in [0.1, 0.15) is 22.8 Å². The van der Waals surface area contributed by atoms with Gasteiger partial charge in [-0.2, -0.15) is 0 Å². The number of carbonyl (C=O) groups is 2. The lowest BCUT2D eigenvalue weighted by Crippen LogP contribution is -2.24. The smallest absolute Gasteiger partial charge is 0.342 e. The summed E-state index contributed by atoms with van der Waals surface area (Å²) in [6.07, 6.45) is 0. The first-order valence-electron chi connectivity index (χ1n) is 5.82. The lowest BCUT2D eigenvalue weighted by atomic mass is 9.95. The van der Waals surface area contributed by atoms with Crippen molar-refractivity contribution in [3.05, 3.63) is 47.5 Å². The molecule has 0 aliphatic rings. The molecule has 10 heteroatoms. The summed E-state index contributed by atoms with van der Waals surface area (Å²) in [5.41, 5.74) is 2.42. The number of nitrogens with two attached hydrogens (primary N) is 1. The maximum absolute atomic E-state index is 13.7. The lowest BCUT2D eigenvalue weighted by Gasteiger charge is -2.14. The van der Waals surface area contributed by atoms with Crippen LogP contribution in [0, 0.1) is 9.39 Å². The first-order chi connectivity index (χ1) is 10.6. The fourth-order valence-electron chi connectivity index (χ4n) is 2.05. The van der Waals surface area contributed by atoms with Gasteiger partial charge in [-0.05, 0) is 50.7 Å². The number of hydrogen-bond donors (Lipinski definition) is 4. The van der Waals surface area contributed by atoms with Crippen LogP contribution in [-0.2, 0) is 0 Å². The number of nitrogen functional groups attached to an aromatic ring is 1. The third-order valence-corrected chi connectivity index (χ3v) is 5.38. The molecule has 0 aliphatic heterocycles. The summed E-state index contributed by atoms with van der Waals surface area (Å²) < 4.78 is 14.3. The molecular formula is C13H7BrFIN2O5. The fourth-order valence-corrected chi connectivity index (χ4v) is 3.07. The number of carboxylic acid groups (broad SMARTS) is 2. The van der Waals surface area contributed by atoms with Crippen LogP contribution in [0.5, 0.6) is 0 Å². The van der Waals surface area contributed by atoms with Crippen LogP contribution in [0.4, 0.5) is 10.2 Å². The predicted octanol–water partition coefficient (Wildman–Crippen LogP) is 2.53. The number of aromatic amines is 1. The van der Waals surface area contributed by atoms with Gasteiger partial charge >= 0.3 is 11.9 Å². The Kier molecular flexibility index (Phi) is 4.75. The number of rotatable bonds is 3. The number of pyridine rings is 1. The van der Waals surface area contributed by atoms with E-state index in [1.807, 2.05) is 4.98 Å². The second-order valence-corrected chi connectivity index (χ2v) is 6.31. The molecule has 1 heterocycles. The molecule has 0 spiro atoms. The summed E-state index contributed by atoms with van der Waals surface area (Å²) in [6.45, 7) is 0. The minimum Gasteiger partial charge on any atom is -0.478 e. The second-order valence-electron chi connectivity index (χ2n) is 4.35. The highest BCUT2D eigenvalue weighted by Crippen LogP contribution is 2.37. The van der Waals surface area contributed by atoms with Crippen LogP contribution in [0.3, 0.4) is 0 Å². The van der Waals surface area contributed by atoms with E-state index in [0.29, 0.717) is 3.57 Å². The molecule has 2 aromatic rings. The van der Waals surface area contributed by atoms with Crippen LogP contribution in [0.25, 0.3) is 11.1 Å². The molecule has 0 radical (unpaired) electrons. The Hall–Kier alpha value is -1.95. The molecule has 0 aliphatic carbocycles. The van der Waals surface area contributed by atoms with Gasteiger partial charge in [-0.25, -0.2) is 14.0 Å². The summed E-state index contributed by atoms with van der Waals surface area (Å²) in [4.78, 5) is 36.8. The highest BCUT2D eigenvalue weighted by molar-refractivity contribution is 14.1. The number of halogens is 3. The van der Waals surface area contributed by atoms with Crippen LogP contribution in [-0.4, -0.2) is 27.1 Å². The Labute approximate surface area is 149 Å². The van der Waals surface area contributed by atoms with Gasteiger partial charge in [0.05, 0.1) is 0 Å². The van der Waals surface area contributed by atoms with E-state index in [9.17, 15) is 29.0 Å². The number of hydrogen-bond acceptors (Lipinski definition) is 4. The molecule has 0 amide bonds. The average molecular weight is 497 g/mol. The lowest BCUT2D eigenvalue weighted by molar-refractivity contribution is 0.0695. The number of anilines is 1. The zero-order chi connectivity index (χ0) is 17.5. The van der Waals surface area contributed by atoms with E-state index < -0.39 is 45.8 Å². The van der Waals surface area contributed by atoms with Crippen LogP contribution in [0.2, 0.25) is 0 Å². The topological polar surface area (TPSA) is 133 Å². The Balaban J connectivity index is 3.10. The van der Waals surface area contributed by atoms with E-state index in [0.717, 1.165) is 12.1 Å². The number of nitrogens with one attached hydrogen (secondary N) is 1. The molecule has 23 heavy (non-hydrogen) atoms. The second kappa shape index (κ2) is 6.28. The molecule has 120 valence electrons. The van der Waals surface area contributed by atoms with Gasteiger partial charge in [0.15, 0.2) is 0 Å². The SMILES string of the molecule is Nc1[nH]c(=O)c(C(=O)O)c(-c2cc(F)cc(I)c2Br)c1C(=O)O. The maximum Gasteiger partial charge on any atom is 0.342 e. The zero-order valence-electron chi connectivity index (χ0n) is 11.0. The van der Waals surface area contributed by atoms with Crippen molar-refractivity contribution in [2.45, 2.75) is 0 Å². The van der Waals surface area contributed by atoms with Gasteiger partial charge in [-0.3, -0.25) is 4.79 Å². The van der Waals surface area contributed by atoms with E-state index in [1.54, 1.807) is 22.6 Å². The third-order valence-electron chi connectivity index (χ3n) is 2.93. The Morgan fingerprint density at radius 2 is 1.78 bits per heavy atom. The number of aromatic nitrogens is 1. The third kappa shape index (κ3) is 3.08. The number of benzene rings is 1. The maximum atomic E-state index is 13.7. The molecule has 0 saturated heterocycles. The largest absolute Gasteiger partial charge is 0.478 e. The number of H-pyrrole nitrogens is 1. The minimum atomic E-state index is -1.66. The van der Waals surface area contributed by atoms with Crippen molar-refractivity contribution in [2.24, 2.45) is 0 Å². The van der Waals surface area contributed by atoms with Gasteiger partial charge in [0, 0.05) is 19.2 Å². The summed E-state index contributed by atoms with van der Waals surface area (Å²) in [5, 5.41) is 18.6. The van der Waals surface area contributed by atoms with Crippen LogP contribution < -0.4 is 11.3 Å². The molecule has 2 rings (SSSR count). The highest BCUT2D eigenvalue weighted by Gasteiger charge is 2.28. The van der Waals surface area contributed by atoms with Gasteiger partial charge in [0.2, 0.25) is 0 Å². The van der Waals surface area contributed by atoms with Gasteiger partial charge in [-0.15, -0.1) is 0 Å². The Morgan fingerprint density at radius 3 is 2.30 bits per heavy atom. The van der Waals surface area contributed by atoms with Gasteiger partial charge in [0.25, 0.3) is 5.56 Å². The van der Waals surface area contributed by atoms with E-state index in [1.165, 1.54) is 0 Å². The predicted molar refractivity (Wildman–Crippen MR) is 91.2 cm³/mol. The molecular weight excluding hydrogens is 490 g/mol. The highest BCUT2D eigenvalue weighted by atomic mass is 127. The van der Waals surface area contributed by atoms with Crippen molar-refractivity contribution in [1.82, 2.24) is 4.98 Å². The first kappa shape index (κ1) is 17.4.